The predicted octanol–water partition coefficient (Wildman–Crippen LogP) is 4.36. The van der Waals surface area contributed by atoms with Crippen molar-refractivity contribution in [2.75, 3.05) is 30.0 Å². The minimum absolute atomic E-state index is 0.294. The van der Waals surface area contributed by atoms with E-state index in [9.17, 15) is 4.79 Å². The van der Waals surface area contributed by atoms with Crippen molar-refractivity contribution in [1.29, 1.82) is 0 Å². The molecule has 2 aromatic heterocycles. The number of carbonyl (C=O) groups is 1. The Kier molecular flexibility index (Phi) is 5.59. The summed E-state index contributed by atoms with van der Waals surface area (Å²) in [5.41, 5.74) is 5.67. The van der Waals surface area contributed by atoms with Crippen molar-refractivity contribution in [1.82, 2.24) is 14.8 Å². The smallest absolute Gasteiger partial charge is 0.280 e. The number of benzene rings is 1. The summed E-state index contributed by atoms with van der Waals surface area (Å²) in [5.74, 6) is 1.42. The fourth-order valence-corrected chi connectivity index (χ4v) is 4.86. The van der Waals surface area contributed by atoms with Crippen LogP contribution in [0.5, 0.6) is 5.88 Å². The molecule has 0 saturated carbocycles. The van der Waals surface area contributed by atoms with E-state index in [4.69, 9.17) is 9.72 Å². The standard InChI is InChI=1S/C26H30N6O2/c1-16-9-8-12-34-25-23(18(3)29-31(25)5)20-14-19(13-17(2)27-20)24(33)28-26-30(4)21-10-6-7-11-22(21)32(26)15-16/h6-7,10-11,13-14,16H,8-9,12,15H2,1-5H3/t16-/m1/s1. The SMILES string of the molecule is Cc1cc2cc(n1)-c1c(C)nn(C)c1OCCC[C@@H](C)CN1C(=NC2=O)N(C)c2ccccc21. The van der Waals surface area contributed by atoms with Crippen LogP contribution in [0.3, 0.4) is 0 Å². The number of ether oxygens (including phenoxy) is 1. The maximum atomic E-state index is 13.5. The van der Waals surface area contributed by atoms with Crippen molar-refractivity contribution in [2.45, 2.75) is 33.6 Å². The lowest BCUT2D eigenvalue weighted by Gasteiger charge is -2.24. The van der Waals surface area contributed by atoms with Gasteiger partial charge >= 0.3 is 0 Å². The highest BCUT2D eigenvalue weighted by Crippen LogP contribution is 2.37. The van der Waals surface area contributed by atoms with Crippen LogP contribution >= 0.6 is 0 Å². The Morgan fingerprint density at radius 1 is 1.09 bits per heavy atom. The Hall–Kier alpha value is -3.68. The van der Waals surface area contributed by atoms with Crippen LogP contribution in [0.25, 0.3) is 11.3 Å². The molecular weight excluding hydrogens is 428 g/mol. The van der Waals surface area contributed by atoms with E-state index in [0.29, 0.717) is 35.6 Å². The molecule has 0 radical (unpaired) electrons. The Labute approximate surface area is 199 Å². The number of pyridine rings is 1. The molecule has 176 valence electrons. The molecule has 0 spiro atoms. The normalized spacial score (nSPS) is 18.3. The molecule has 2 bridgehead atoms. The highest BCUT2D eigenvalue weighted by atomic mass is 16.5. The Balaban J connectivity index is 1.65. The molecular formula is C26H30N6O2. The van der Waals surface area contributed by atoms with Crippen molar-refractivity contribution < 1.29 is 9.53 Å². The zero-order valence-corrected chi connectivity index (χ0v) is 20.4. The fourth-order valence-electron chi connectivity index (χ4n) is 4.86. The number of guanidine groups is 1. The van der Waals surface area contributed by atoms with Crippen LogP contribution in [0.2, 0.25) is 0 Å². The zero-order valence-electron chi connectivity index (χ0n) is 20.4. The molecule has 34 heavy (non-hydrogen) atoms. The number of aryl methyl sites for hydroxylation is 3. The van der Waals surface area contributed by atoms with E-state index >= 15 is 0 Å². The van der Waals surface area contributed by atoms with Gasteiger partial charge in [-0.3, -0.25) is 9.78 Å². The second kappa shape index (κ2) is 8.59. The summed E-state index contributed by atoms with van der Waals surface area (Å²) in [5, 5.41) is 4.56. The van der Waals surface area contributed by atoms with E-state index in [-0.39, 0.29) is 5.91 Å². The van der Waals surface area contributed by atoms with Crippen LogP contribution in [-0.2, 0) is 7.05 Å². The van der Waals surface area contributed by atoms with Gasteiger partial charge in [0.05, 0.1) is 34.9 Å². The highest BCUT2D eigenvalue weighted by Gasteiger charge is 2.32. The number of anilines is 2. The molecule has 1 aromatic carbocycles. The molecule has 8 heteroatoms. The molecule has 0 unspecified atom stereocenters. The maximum Gasteiger partial charge on any atom is 0.280 e. The molecule has 0 N–H and O–H groups in total. The quantitative estimate of drug-likeness (QED) is 0.498. The molecule has 2 aliphatic rings. The van der Waals surface area contributed by atoms with Gasteiger partial charge in [0, 0.05) is 31.9 Å². The minimum Gasteiger partial charge on any atom is -0.477 e. The van der Waals surface area contributed by atoms with E-state index in [1.54, 1.807) is 16.8 Å². The largest absolute Gasteiger partial charge is 0.477 e. The number of carbonyl (C=O) groups excluding carboxylic acids is 1. The van der Waals surface area contributed by atoms with Crippen LogP contribution in [0.15, 0.2) is 41.4 Å². The molecule has 1 amide bonds. The average molecular weight is 459 g/mol. The Morgan fingerprint density at radius 2 is 1.85 bits per heavy atom. The summed E-state index contributed by atoms with van der Waals surface area (Å²) in [6.45, 7) is 7.41. The molecule has 5 rings (SSSR count). The third-order valence-corrected chi connectivity index (χ3v) is 6.48. The van der Waals surface area contributed by atoms with Gasteiger partial charge in [0.15, 0.2) is 0 Å². The Morgan fingerprint density at radius 3 is 2.65 bits per heavy atom. The van der Waals surface area contributed by atoms with Crippen LogP contribution in [0.1, 0.15) is 41.5 Å². The van der Waals surface area contributed by atoms with Gasteiger partial charge in [0.2, 0.25) is 11.8 Å². The topological polar surface area (TPSA) is 75.8 Å². The fraction of sp³-hybridized carbons (Fsp3) is 0.385. The van der Waals surface area contributed by atoms with Gasteiger partial charge in [-0.2, -0.15) is 10.1 Å². The van der Waals surface area contributed by atoms with Gasteiger partial charge in [-0.05, 0) is 56.9 Å². The van der Waals surface area contributed by atoms with E-state index in [1.807, 2.05) is 45.0 Å². The van der Waals surface area contributed by atoms with Gasteiger partial charge in [0.1, 0.15) is 0 Å². The monoisotopic (exact) mass is 458 g/mol. The third kappa shape index (κ3) is 3.83. The number of fused-ring (bicyclic) bond motifs is 7. The molecule has 0 saturated heterocycles. The number of rotatable bonds is 0. The van der Waals surface area contributed by atoms with Gasteiger partial charge in [-0.1, -0.05) is 19.1 Å². The molecule has 3 aromatic rings. The van der Waals surface area contributed by atoms with Crippen molar-refractivity contribution in [2.24, 2.45) is 18.0 Å². The second-order valence-corrected chi connectivity index (χ2v) is 9.24. The third-order valence-electron chi connectivity index (χ3n) is 6.48. The first kappa shape index (κ1) is 22.1. The molecule has 4 heterocycles. The maximum absolute atomic E-state index is 13.5. The number of aliphatic imine (C=N–C) groups is 1. The molecule has 1 atom stereocenters. The van der Waals surface area contributed by atoms with Gasteiger partial charge in [-0.25, -0.2) is 4.68 Å². The van der Waals surface area contributed by atoms with Crippen molar-refractivity contribution in [3.63, 3.8) is 0 Å². The summed E-state index contributed by atoms with van der Waals surface area (Å²) >= 11 is 0. The highest BCUT2D eigenvalue weighted by molar-refractivity contribution is 6.20. The minimum atomic E-state index is -0.294. The molecule has 0 aliphatic carbocycles. The van der Waals surface area contributed by atoms with E-state index in [1.165, 1.54) is 0 Å². The van der Waals surface area contributed by atoms with Crippen LogP contribution in [0.4, 0.5) is 11.4 Å². The number of nitrogens with zero attached hydrogens (tertiary/aromatic N) is 6. The molecule has 0 fully saturated rings. The predicted molar refractivity (Wildman–Crippen MR) is 134 cm³/mol. The molecule has 2 aliphatic heterocycles. The summed E-state index contributed by atoms with van der Waals surface area (Å²) < 4.78 is 7.96. The van der Waals surface area contributed by atoms with Crippen molar-refractivity contribution in [3.8, 4) is 17.1 Å². The zero-order chi connectivity index (χ0) is 24.0. The summed E-state index contributed by atoms with van der Waals surface area (Å²) in [6.07, 6.45) is 1.90. The number of hydrogen-bond acceptors (Lipinski definition) is 6. The number of amides is 1. The van der Waals surface area contributed by atoms with Gasteiger partial charge in [-0.15, -0.1) is 0 Å². The van der Waals surface area contributed by atoms with Gasteiger partial charge < -0.3 is 14.5 Å². The summed E-state index contributed by atoms with van der Waals surface area (Å²) in [4.78, 5) is 27.0. The van der Waals surface area contributed by atoms with Crippen LogP contribution in [0, 0.1) is 19.8 Å². The summed E-state index contributed by atoms with van der Waals surface area (Å²) in [7, 11) is 3.84. The average Bonchev–Trinajstić information content (AvgIpc) is 3.23. The van der Waals surface area contributed by atoms with E-state index < -0.39 is 0 Å². The first-order valence-corrected chi connectivity index (χ1v) is 11.7. The number of aromatic nitrogens is 3. The second-order valence-electron chi connectivity index (χ2n) is 9.24. The van der Waals surface area contributed by atoms with Crippen LogP contribution in [-0.4, -0.2) is 46.8 Å². The number of hydrogen-bond donors (Lipinski definition) is 0. The lowest BCUT2D eigenvalue weighted by Crippen LogP contribution is -2.39. The first-order chi connectivity index (χ1) is 16.3. The molecule has 8 nitrogen and oxygen atoms in total. The summed E-state index contributed by atoms with van der Waals surface area (Å²) in [6, 6.07) is 11.8. The lowest BCUT2D eigenvalue weighted by molar-refractivity contribution is 0.100. The first-order valence-electron chi connectivity index (χ1n) is 11.7. The van der Waals surface area contributed by atoms with E-state index in [0.717, 1.165) is 47.7 Å². The number of para-hydroxylation sites is 2. The van der Waals surface area contributed by atoms with E-state index in [2.05, 4.69) is 34.0 Å². The van der Waals surface area contributed by atoms with Gasteiger partial charge in [0.25, 0.3) is 5.91 Å². The lowest BCUT2D eigenvalue weighted by atomic mass is 10.1. The van der Waals surface area contributed by atoms with Crippen molar-refractivity contribution >= 4 is 23.2 Å². The van der Waals surface area contributed by atoms with Crippen LogP contribution < -0.4 is 14.5 Å². The Bertz CT molecular complexity index is 1290. The van der Waals surface area contributed by atoms with Crippen molar-refractivity contribution in [3.05, 3.63) is 53.3 Å².